The molecule has 7 nitrogen and oxygen atoms in total. The molecule has 4 aromatic carbocycles. The van der Waals surface area contributed by atoms with E-state index >= 15 is 0 Å². The van der Waals surface area contributed by atoms with Crippen molar-refractivity contribution in [3.8, 4) is 39.5 Å². The van der Waals surface area contributed by atoms with E-state index in [2.05, 4.69) is 179 Å². The van der Waals surface area contributed by atoms with Crippen LogP contribution in [0, 0.1) is 44.7 Å². The molecule has 0 bridgehead atoms. The molecule has 0 amide bonds. The molecular weight excluding hydrogens is 1080 g/mol. The Balaban J connectivity index is 0.000000235. The minimum absolute atomic E-state index is 0. The predicted octanol–water partition coefficient (Wildman–Crippen LogP) is 15.6. The third-order valence-electron chi connectivity index (χ3n) is 14.1. The summed E-state index contributed by atoms with van der Waals surface area (Å²) in [5.41, 5.74) is 17.2. The molecule has 10 aromatic rings. The number of benzene rings is 4. The number of aromatic nitrogens is 6. The van der Waals surface area contributed by atoms with Gasteiger partial charge >= 0.3 is 0 Å². The van der Waals surface area contributed by atoms with E-state index in [-0.39, 0.29) is 25.5 Å². The van der Waals surface area contributed by atoms with Gasteiger partial charge in [0.25, 0.3) is 0 Å². The second kappa shape index (κ2) is 20.4. The van der Waals surface area contributed by atoms with Crippen LogP contribution in [0.25, 0.3) is 83.5 Å². The van der Waals surface area contributed by atoms with Gasteiger partial charge in [0, 0.05) is 54.1 Å². The van der Waals surface area contributed by atoms with Gasteiger partial charge < -0.3 is 19.0 Å². The first kappa shape index (κ1) is 50.8. The average molecular weight is 1140 g/mol. The van der Waals surface area contributed by atoms with Crippen molar-refractivity contribution in [1.29, 1.82) is 0 Å². The summed E-state index contributed by atoms with van der Waals surface area (Å²) < 4.78 is 9.02. The van der Waals surface area contributed by atoms with Crippen LogP contribution in [0.2, 0.25) is 19.6 Å². The minimum Gasteiger partial charge on any atom is -0.486 e. The van der Waals surface area contributed by atoms with Crippen LogP contribution in [0.1, 0.15) is 94.2 Å². The zero-order valence-electron chi connectivity index (χ0n) is 43.8. The molecule has 0 aliphatic heterocycles. The molecule has 9 heteroatoms. The van der Waals surface area contributed by atoms with Gasteiger partial charge in [-0.2, -0.15) is 0 Å². The normalized spacial score (nSPS) is 13.3. The molecule has 0 N–H and O–H groups in total. The van der Waals surface area contributed by atoms with E-state index in [0.29, 0.717) is 11.6 Å². The molecule has 6 heterocycles. The number of nitrogens with zero attached hydrogens (tertiary/aromatic N) is 6. The number of furan rings is 1. The van der Waals surface area contributed by atoms with Gasteiger partial charge in [-0.05, 0) is 125 Å². The Morgan fingerprint density at radius 3 is 2.21 bits per heavy atom. The van der Waals surface area contributed by atoms with Crippen LogP contribution in [0.4, 0.5) is 0 Å². The van der Waals surface area contributed by atoms with Gasteiger partial charge in [-0.1, -0.05) is 153 Å². The molecule has 1 fully saturated rings. The summed E-state index contributed by atoms with van der Waals surface area (Å²) >= 11 is 0. The van der Waals surface area contributed by atoms with Gasteiger partial charge in [-0.15, -0.1) is 35.9 Å². The minimum atomic E-state index is -1.38. The van der Waals surface area contributed by atoms with Gasteiger partial charge in [0.2, 0.25) is 5.71 Å². The number of pyridine rings is 4. The Hall–Kier alpha value is -6.12. The van der Waals surface area contributed by atoms with Crippen LogP contribution in [0.3, 0.4) is 0 Å². The van der Waals surface area contributed by atoms with E-state index in [9.17, 15) is 0 Å². The Labute approximate surface area is 440 Å². The van der Waals surface area contributed by atoms with Crippen molar-refractivity contribution in [2.75, 3.05) is 0 Å². The van der Waals surface area contributed by atoms with Crippen LogP contribution < -0.4 is 5.19 Å². The first-order valence-corrected chi connectivity index (χ1v) is 29.1. The molecule has 0 atom stereocenters. The maximum absolute atomic E-state index is 6.70. The number of hydrogen-bond acceptors (Lipinski definition) is 6. The number of aryl methyl sites for hydroxylation is 3. The molecule has 0 unspecified atom stereocenters. The fraction of sp³-hybridized carbons (Fsp3) is 0.317. The average Bonchev–Trinajstić information content (AvgIpc) is 4.09. The summed E-state index contributed by atoms with van der Waals surface area (Å²) in [5, 5.41) is 4.59. The summed E-state index contributed by atoms with van der Waals surface area (Å²) in [7, 11) is -1.38. The molecule has 1 radical (unpaired) electrons. The molecule has 0 saturated heterocycles. The molecule has 6 aromatic heterocycles. The number of rotatable bonds is 9. The van der Waals surface area contributed by atoms with Gasteiger partial charge in [0.1, 0.15) is 0 Å². The number of hydrogen-bond donors (Lipinski definition) is 0. The summed E-state index contributed by atoms with van der Waals surface area (Å²) in [4.78, 5) is 24.6. The largest absolute Gasteiger partial charge is 0.486 e. The van der Waals surface area contributed by atoms with Crippen molar-refractivity contribution in [3.63, 3.8) is 0 Å². The van der Waals surface area contributed by atoms with Crippen LogP contribution in [-0.4, -0.2) is 37.6 Å². The van der Waals surface area contributed by atoms with E-state index in [1.54, 1.807) is 0 Å². The maximum atomic E-state index is 6.70. The monoisotopic (exact) mass is 1140 g/mol. The van der Waals surface area contributed by atoms with E-state index in [1.807, 2.05) is 32.9 Å². The Morgan fingerprint density at radius 1 is 0.736 bits per heavy atom. The topological polar surface area (TPSA) is 82.5 Å². The molecule has 0 spiro atoms. The van der Waals surface area contributed by atoms with Gasteiger partial charge in [-0.25, -0.2) is 4.98 Å². The van der Waals surface area contributed by atoms with E-state index in [4.69, 9.17) is 24.4 Å². The Bertz CT molecular complexity index is 3590. The Morgan fingerprint density at radius 2 is 1.49 bits per heavy atom. The number of fused-ring (bicyclic) bond motifs is 6. The van der Waals surface area contributed by atoms with Crippen LogP contribution in [0.15, 0.2) is 120 Å². The van der Waals surface area contributed by atoms with Crippen molar-refractivity contribution in [2.45, 2.75) is 119 Å². The van der Waals surface area contributed by atoms with E-state index in [0.717, 1.165) is 108 Å². The molecule has 1 aliphatic rings. The smallest absolute Gasteiger partial charge is 0.216 e. The SMILES string of the molecule is Cc1c[c-]c(-c2cc(CC(C)C)c([Si](C)(C)C)cn2)c(C)n1.Cc1ccc2c(ccc3nc(-c4[c-]ccc5c4oc4nc(CC6CCCC6)ccc45)n(-c4ccc(-c5ccccc5)cc4C(C)(C)C)c32)n1.[Ir]. The zero-order valence-corrected chi connectivity index (χ0v) is 47.2. The predicted molar refractivity (Wildman–Crippen MR) is 298 cm³/mol. The molecule has 369 valence electrons. The van der Waals surface area contributed by atoms with Crippen molar-refractivity contribution in [1.82, 2.24) is 29.5 Å². The van der Waals surface area contributed by atoms with Gasteiger partial charge in [0.05, 0.1) is 36.0 Å². The number of imidazole rings is 1. The van der Waals surface area contributed by atoms with Crippen molar-refractivity contribution < 1.29 is 24.5 Å². The van der Waals surface area contributed by atoms with Crippen molar-refractivity contribution in [2.24, 2.45) is 11.8 Å². The summed E-state index contributed by atoms with van der Waals surface area (Å²) in [6.45, 7) is 24.6. The zero-order chi connectivity index (χ0) is 49.8. The van der Waals surface area contributed by atoms with Crippen LogP contribution in [-0.2, 0) is 38.4 Å². The van der Waals surface area contributed by atoms with Crippen molar-refractivity contribution in [3.05, 3.63) is 161 Å². The fourth-order valence-corrected chi connectivity index (χ4v) is 12.3. The van der Waals surface area contributed by atoms with E-state index in [1.165, 1.54) is 53.1 Å². The van der Waals surface area contributed by atoms with Gasteiger partial charge in [-0.3, -0.25) is 9.97 Å². The summed E-state index contributed by atoms with van der Waals surface area (Å²) in [6.07, 6.45) is 9.46. The van der Waals surface area contributed by atoms with Crippen LogP contribution >= 0.6 is 0 Å². The first-order valence-electron chi connectivity index (χ1n) is 25.6. The fourth-order valence-electron chi connectivity index (χ4n) is 10.7. The Kier molecular flexibility index (Phi) is 14.4. The standard InChI is InChI=1S/C44H39N4O.C19H27N2Si.Ir/c1-27-17-20-34-37(45-27)22-23-38-40(34)48(39-24-18-30(26-36(39)44(2,3)4)29-13-6-5-7-14-29)42(47-38)35-16-10-15-32-33-21-19-31(25-28-11-8-9-12-28)46-43(33)49-41(32)35;1-13(2)10-16-11-18(20-12-19(16)22(5,6)7)17-9-8-14(3)21-15(17)4;/h5-7,10,13-15,17-24,26,28H,8-9,11-12,25H2,1-4H3;8,11-13H,10H2,1-7H3;/q2*-1;. The molecule has 11 rings (SSSR count). The molecule has 72 heavy (non-hydrogen) atoms. The van der Waals surface area contributed by atoms with Gasteiger partial charge in [0.15, 0.2) is 0 Å². The van der Waals surface area contributed by atoms with E-state index < -0.39 is 8.07 Å². The molecule has 1 saturated carbocycles. The quantitative estimate of drug-likeness (QED) is 0.106. The maximum Gasteiger partial charge on any atom is 0.216 e. The second-order valence-corrected chi connectivity index (χ2v) is 27.4. The van der Waals surface area contributed by atoms with Crippen molar-refractivity contribution >= 4 is 57.3 Å². The second-order valence-electron chi connectivity index (χ2n) is 22.4. The molecule has 1 aliphatic carbocycles. The third kappa shape index (κ3) is 10.3. The molecular formula is C63H66IrN6OSi-2. The summed E-state index contributed by atoms with van der Waals surface area (Å²) in [6, 6.07) is 45.4. The van der Waals surface area contributed by atoms with Crippen LogP contribution in [0.5, 0.6) is 0 Å². The first-order chi connectivity index (χ1) is 34.0. The third-order valence-corrected chi connectivity index (χ3v) is 16.2. The summed E-state index contributed by atoms with van der Waals surface area (Å²) in [5.74, 6) is 2.15.